The van der Waals surface area contributed by atoms with Gasteiger partial charge in [-0.05, 0) is 49.1 Å². The van der Waals surface area contributed by atoms with Crippen LogP contribution in [0.3, 0.4) is 0 Å². The molecule has 0 aliphatic rings. The van der Waals surface area contributed by atoms with Gasteiger partial charge in [-0.2, -0.15) is 0 Å². The van der Waals surface area contributed by atoms with Gasteiger partial charge < -0.3 is 24.7 Å². The van der Waals surface area contributed by atoms with Crippen LogP contribution in [0, 0.1) is 6.92 Å². The predicted molar refractivity (Wildman–Crippen MR) is 141 cm³/mol. The first-order valence-corrected chi connectivity index (χ1v) is 12.8. The first-order chi connectivity index (χ1) is 17.3. The maximum absolute atomic E-state index is 12.4. The van der Waals surface area contributed by atoms with Gasteiger partial charge in [0.25, 0.3) is 5.91 Å². The van der Waals surface area contributed by atoms with Gasteiger partial charge in [0.15, 0.2) is 17.6 Å². The van der Waals surface area contributed by atoms with Crippen LogP contribution in [-0.2, 0) is 22.7 Å². The number of ether oxygens (including phenoxy) is 2. The largest absolute Gasteiger partial charge is 0.497 e. The smallest absolute Gasteiger partial charge is 0.258 e. The van der Waals surface area contributed by atoms with E-state index in [9.17, 15) is 9.59 Å². The fraction of sp³-hybridized carbons (Fsp3) is 0.385. The summed E-state index contributed by atoms with van der Waals surface area (Å²) in [5, 5.41) is 14.7. The van der Waals surface area contributed by atoms with Crippen LogP contribution >= 0.6 is 11.8 Å². The summed E-state index contributed by atoms with van der Waals surface area (Å²) >= 11 is 1.29. The van der Waals surface area contributed by atoms with E-state index in [2.05, 4.69) is 34.7 Å². The van der Waals surface area contributed by atoms with Crippen LogP contribution in [0.4, 0.5) is 5.69 Å². The van der Waals surface area contributed by atoms with Gasteiger partial charge in [0, 0.05) is 18.3 Å². The molecule has 2 amide bonds. The summed E-state index contributed by atoms with van der Waals surface area (Å²) in [6.45, 7) is 8.87. The van der Waals surface area contributed by atoms with Gasteiger partial charge in [-0.3, -0.25) is 9.59 Å². The second-order valence-electron chi connectivity index (χ2n) is 8.47. The SMILES string of the molecule is CCn1c(CNC(=O)COc2cc(C)ccc2C(C)C)nnc1SCC(=O)Nc1cccc(OC)c1. The van der Waals surface area contributed by atoms with Crippen molar-refractivity contribution >= 4 is 29.3 Å². The maximum atomic E-state index is 12.4. The van der Waals surface area contributed by atoms with Crippen LogP contribution in [0.15, 0.2) is 47.6 Å². The molecule has 36 heavy (non-hydrogen) atoms. The predicted octanol–water partition coefficient (Wildman–Crippen LogP) is 4.16. The molecule has 3 rings (SSSR count). The summed E-state index contributed by atoms with van der Waals surface area (Å²) in [6.07, 6.45) is 0. The van der Waals surface area contributed by atoms with Crippen LogP contribution < -0.4 is 20.1 Å². The molecule has 0 saturated heterocycles. The molecule has 0 radical (unpaired) electrons. The number of benzene rings is 2. The fourth-order valence-electron chi connectivity index (χ4n) is 3.52. The summed E-state index contributed by atoms with van der Waals surface area (Å²) in [7, 11) is 1.58. The molecule has 1 heterocycles. The summed E-state index contributed by atoms with van der Waals surface area (Å²) in [4.78, 5) is 24.8. The lowest BCUT2D eigenvalue weighted by molar-refractivity contribution is -0.123. The number of nitrogens with one attached hydrogen (secondary N) is 2. The Balaban J connectivity index is 1.51. The van der Waals surface area contributed by atoms with Gasteiger partial charge in [-0.15, -0.1) is 10.2 Å². The zero-order valence-electron chi connectivity index (χ0n) is 21.3. The van der Waals surface area contributed by atoms with Crippen LogP contribution in [-0.4, -0.2) is 46.0 Å². The van der Waals surface area contributed by atoms with Gasteiger partial charge in [-0.25, -0.2) is 0 Å². The molecule has 0 bridgehead atoms. The molecule has 0 unspecified atom stereocenters. The Labute approximate surface area is 216 Å². The number of hydrogen-bond donors (Lipinski definition) is 2. The van der Waals surface area contributed by atoms with Crippen molar-refractivity contribution < 1.29 is 19.1 Å². The highest BCUT2D eigenvalue weighted by molar-refractivity contribution is 7.99. The molecule has 0 atom stereocenters. The molecule has 9 nitrogen and oxygen atoms in total. The van der Waals surface area contributed by atoms with Gasteiger partial charge in [-0.1, -0.05) is 43.8 Å². The van der Waals surface area contributed by atoms with E-state index < -0.39 is 0 Å². The lowest BCUT2D eigenvalue weighted by Gasteiger charge is -2.15. The highest BCUT2D eigenvalue weighted by Gasteiger charge is 2.15. The maximum Gasteiger partial charge on any atom is 0.258 e. The zero-order chi connectivity index (χ0) is 26.1. The van der Waals surface area contributed by atoms with Crippen molar-refractivity contribution in [1.29, 1.82) is 0 Å². The van der Waals surface area contributed by atoms with Crippen LogP contribution in [0.1, 0.15) is 43.6 Å². The number of hydrogen-bond acceptors (Lipinski definition) is 7. The van der Waals surface area contributed by atoms with E-state index in [4.69, 9.17) is 9.47 Å². The van der Waals surface area contributed by atoms with E-state index in [1.807, 2.05) is 48.7 Å². The minimum absolute atomic E-state index is 0.0878. The number of carbonyl (C=O) groups is 2. The Morgan fingerprint density at radius 3 is 2.64 bits per heavy atom. The topological polar surface area (TPSA) is 107 Å². The third kappa shape index (κ3) is 7.48. The minimum Gasteiger partial charge on any atom is -0.497 e. The number of aryl methyl sites for hydroxylation is 1. The second kappa shape index (κ2) is 13.0. The van der Waals surface area contributed by atoms with Crippen molar-refractivity contribution in [1.82, 2.24) is 20.1 Å². The van der Waals surface area contributed by atoms with Crippen LogP contribution in [0.25, 0.3) is 0 Å². The van der Waals surface area contributed by atoms with Crippen molar-refractivity contribution in [3.05, 3.63) is 59.4 Å². The van der Waals surface area contributed by atoms with Gasteiger partial charge >= 0.3 is 0 Å². The minimum atomic E-state index is -0.247. The average Bonchev–Trinajstić information content (AvgIpc) is 3.26. The fourth-order valence-corrected chi connectivity index (χ4v) is 4.34. The molecular weight excluding hydrogens is 478 g/mol. The Hall–Kier alpha value is -3.53. The van der Waals surface area contributed by atoms with Crippen LogP contribution in [0.2, 0.25) is 0 Å². The summed E-state index contributed by atoms with van der Waals surface area (Å²) in [6, 6.07) is 13.2. The van der Waals surface area contributed by atoms with Crippen molar-refractivity contribution in [2.24, 2.45) is 0 Å². The molecule has 0 aliphatic heterocycles. The standard InChI is InChI=1S/C26H33N5O4S/c1-6-31-23(14-27-24(32)15-35-22-12-18(4)10-11-21(22)17(2)3)29-30-26(31)36-16-25(33)28-19-8-7-9-20(13-19)34-5/h7-13,17H,6,14-16H2,1-5H3,(H,27,32)(H,28,33). The molecule has 2 aromatic carbocycles. The molecule has 0 aliphatic carbocycles. The highest BCUT2D eigenvalue weighted by atomic mass is 32.2. The monoisotopic (exact) mass is 511 g/mol. The Bertz CT molecular complexity index is 1190. The van der Waals surface area contributed by atoms with E-state index in [-0.39, 0.29) is 30.7 Å². The van der Waals surface area contributed by atoms with E-state index in [1.54, 1.807) is 19.2 Å². The van der Waals surface area contributed by atoms with Crippen molar-refractivity contribution in [3.8, 4) is 11.5 Å². The number of rotatable bonds is 12. The number of aromatic nitrogens is 3. The van der Waals surface area contributed by atoms with E-state index in [1.165, 1.54) is 11.8 Å². The second-order valence-corrected chi connectivity index (χ2v) is 9.42. The molecule has 0 fully saturated rings. The number of carbonyl (C=O) groups excluding carboxylic acids is 2. The van der Waals surface area contributed by atoms with E-state index in [0.29, 0.717) is 34.9 Å². The Morgan fingerprint density at radius 2 is 1.92 bits per heavy atom. The zero-order valence-corrected chi connectivity index (χ0v) is 22.1. The van der Waals surface area contributed by atoms with Crippen molar-refractivity contribution in [3.63, 3.8) is 0 Å². The Kier molecular flexibility index (Phi) is 9.75. The molecular formula is C26H33N5O4S. The molecule has 0 spiro atoms. The number of methoxy groups -OCH3 is 1. The summed E-state index contributed by atoms with van der Waals surface area (Å²) < 4.78 is 12.9. The van der Waals surface area contributed by atoms with E-state index in [0.717, 1.165) is 16.9 Å². The molecule has 10 heteroatoms. The average molecular weight is 512 g/mol. The number of anilines is 1. The van der Waals surface area contributed by atoms with Crippen molar-refractivity contribution in [2.75, 3.05) is 24.8 Å². The molecule has 192 valence electrons. The molecule has 0 saturated carbocycles. The first kappa shape index (κ1) is 27.1. The normalized spacial score (nSPS) is 10.8. The first-order valence-electron chi connectivity index (χ1n) is 11.8. The summed E-state index contributed by atoms with van der Waals surface area (Å²) in [5.74, 6) is 2.06. The number of amides is 2. The van der Waals surface area contributed by atoms with Crippen LogP contribution in [0.5, 0.6) is 11.5 Å². The molecule has 2 N–H and O–H groups in total. The highest BCUT2D eigenvalue weighted by Crippen LogP contribution is 2.27. The van der Waals surface area contributed by atoms with Gasteiger partial charge in [0.2, 0.25) is 5.91 Å². The van der Waals surface area contributed by atoms with Gasteiger partial charge in [0.1, 0.15) is 11.5 Å². The summed E-state index contributed by atoms with van der Waals surface area (Å²) in [5.41, 5.74) is 2.80. The molecule has 1 aromatic heterocycles. The van der Waals surface area contributed by atoms with Gasteiger partial charge in [0.05, 0.1) is 19.4 Å². The third-order valence-corrected chi connectivity index (χ3v) is 6.36. The van der Waals surface area contributed by atoms with Crippen molar-refractivity contribution in [2.45, 2.75) is 51.9 Å². The number of thioether (sulfide) groups is 1. The quantitative estimate of drug-likeness (QED) is 0.352. The lowest BCUT2D eigenvalue weighted by atomic mass is 10.0. The number of nitrogens with zero attached hydrogens (tertiary/aromatic N) is 3. The molecule has 3 aromatic rings. The third-order valence-electron chi connectivity index (χ3n) is 5.39. The lowest BCUT2D eigenvalue weighted by Crippen LogP contribution is -2.29. The van der Waals surface area contributed by atoms with E-state index >= 15 is 0 Å². The Morgan fingerprint density at radius 1 is 1.11 bits per heavy atom.